The fourth-order valence-electron chi connectivity index (χ4n) is 2.31. The van der Waals surface area contributed by atoms with Gasteiger partial charge in [0, 0.05) is 25.7 Å². The summed E-state index contributed by atoms with van der Waals surface area (Å²) in [5.41, 5.74) is 0.723. The molecule has 0 spiro atoms. The average molecular weight is 304 g/mol. The molecule has 1 fully saturated rings. The van der Waals surface area contributed by atoms with Gasteiger partial charge in [-0.25, -0.2) is 8.42 Å². The van der Waals surface area contributed by atoms with Crippen molar-refractivity contribution < 1.29 is 13.5 Å². The van der Waals surface area contributed by atoms with E-state index in [1.54, 1.807) is 12.3 Å². The Labute approximate surface area is 118 Å². The van der Waals surface area contributed by atoms with Gasteiger partial charge in [0.25, 0.3) is 0 Å². The van der Waals surface area contributed by atoms with E-state index < -0.39 is 10.0 Å². The van der Waals surface area contributed by atoms with E-state index in [1.807, 2.05) is 14.0 Å². The molecule has 1 aliphatic rings. The van der Waals surface area contributed by atoms with Crippen LogP contribution in [0.1, 0.15) is 17.4 Å². The summed E-state index contributed by atoms with van der Waals surface area (Å²) >= 11 is 1.30. The van der Waals surface area contributed by atoms with Gasteiger partial charge in [0.1, 0.15) is 4.90 Å². The van der Waals surface area contributed by atoms with E-state index in [9.17, 15) is 13.5 Å². The van der Waals surface area contributed by atoms with Crippen LogP contribution in [0.25, 0.3) is 0 Å². The maximum Gasteiger partial charge on any atom is 0.244 e. The van der Waals surface area contributed by atoms with Gasteiger partial charge in [0.15, 0.2) is 0 Å². The highest BCUT2D eigenvalue weighted by atomic mass is 32.2. The van der Waals surface area contributed by atoms with E-state index in [4.69, 9.17) is 0 Å². The van der Waals surface area contributed by atoms with E-state index in [0.29, 0.717) is 22.9 Å². The molecule has 0 amide bonds. The second-order valence-corrected chi connectivity index (χ2v) is 7.86. The van der Waals surface area contributed by atoms with Gasteiger partial charge >= 0.3 is 0 Å². The van der Waals surface area contributed by atoms with E-state index in [1.165, 1.54) is 15.6 Å². The Morgan fingerprint density at radius 2 is 2.16 bits per heavy atom. The molecule has 0 saturated carbocycles. The zero-order valence-electron chi connectivity index (χ0n) is 11.5. The van der Waals surface area contributed by atoms with Gasteiger partial charge < -0.3 is 10.0 Å². The van der Waals surface area contributed by atoms with Crippen molar-refractivity contribution in [3.8, 4) is 0 Å². The molecule has 1 aromatic heterocycles. The molecule has 19 heavy (non-hydrogen) atoms. The van der Waals surface area contributed by atoms with Crippen molar-refractivity contribution in [2.75, 3.05) is 26.7 Å². The van der Waals surface area contributed by atoms with E-state index >= 15 is 0 Å². The summed E-state index contributed by atoms with van der Waals surface area (Å²) in [6.07, 6.45) is 0. The van der Waals surface area contributed by atoms with Gasteiger partial charge in [0.05, 0.1) is 11.5 Å². The average Bonchev–Trinajstić information content (AvgIpc) is 2.74. The number of hydrogen-bond donors (Lipinski definition) is 1. The fourth-order valence-corrected chi connectivity index (χ4v) is 5.43. The number of likely N-dealkylation sites (N-methyl/N-ethyl adjacent to an activating group) is 1. The Kier molecular flexibility index (Phi) is 4.32. The van der Waals surface area contributed by atoms with Crippen LogP contribution in [0.15, 0.2) is 10.3 Å². The lowest BCUT2D eigenvalue weighted by Crippen LogP contribution is -2.52. The number of hydrogen-bond acceptors (Lipinski definition) is 5. The molecule has 0 radical (unpaired) electrons. The van der Waals surface area contributed by atoms with Gasteiger partial charge in [-0.15, -0.1) is 11.3 Å². The van der Waals surface area contributed by atoms with Crippen LogP contribution in [-0.2, 0) is 16.6 Å². The largest absolute Gasteiger partial charge is 0.391 e. The molecule has 0 aliphatic carbocycles. The number of aliphatic hydroxyl groups is 1. The smallest absolute Gasteiger partial charge is 0.244 e. The van der Waals surface area contributed by atoms with Crippen molar-refractivity contribution >= 4 is 21.4 Å². The quantitative estimate of drug-likeness (QED) is 0.900. The third-order valence-electron chi connectivity index (χ3n) is 3.65. The van der Waals surface area contributed by atoms with E-state index in [-0.39, 0.29) is 12.6 Å². The topological polar surface area (TPSA) is 60.9 Å². The molecule has 0 bridgehead atoms. The summed E-state index contributed by atoms with van der Waals surface area (Å²) in [7, 11) is -1.49. The predicted molar refractivity (Wildman–Crippen MR) is 75.8 cm³/mol. The summed E-state index contributed by atoms with van der Waals surface area (Å²) in [4.78, 5) is 2.99. The number of aryl methyl sites for hydroxylation is 1. The van der Waals surface area contributed by atoms with Crippen molar-refractivity contribution in [1.29, 1.82) is 0 Å². The minimum absolute atomic E-state index is 0.208. The minimum Gasteiger partial charge on any atom is -0.391 e. The Morgan fingerprint density at radius 1 is 1.47 bits per heavy atom. The standard InChI is InChI=1S/C12H20N2O3S2/c1-9-8-18-11(7-15)12(9)19(16,17)14-5-4-13(3)10(2)6-14/h8,10,15H,4-7H2,1-3H3. The molecule has 1 saturated heterocycles. The van der Waals surface area contributed by atoms with Crippen LogP contribution in [0.2, 0.25) is 0 Å². The zero-order valence-corrected chi connectivity index (χ0v) is 13.1. The monoisotopic (exact) mass is 304 g/mol. The van der Waals surface area contributed by atoms with Gasteiger partial charge in [-0.2, -0.15) is 4.31 Å². The first-order chi connectivity index (χ1) is 8.87. The van der Waals surface area contributed by atoms with Crippen LogP contribution in [0.3, 0.4) is 0 Å². The molecule has 5 nitrogen and oxygen atoms in total. The molecule has 1 atom stereocenters. The highest BCUT2D eigenvalue weighted by Gasteiger charge is 2.33. The van der Waals surface area contributed by atoms with Crippen LogP contribution < -0.4 is 0 Å². The van der Waals surface area contributed by atoms with Crippen molar-refractivity contribution in [3.63, 3.8) is 0 Å². The van der Waals surface area contributed by atoms with Crippen LogP contribution in [-0.4, -0.2) is 55.5 Å². The number of aliphatic hydroxyl groups excluding tert-OH is 1. The SMILES string of the molecule is Cc1csc(CO)c1S(=O)(=O)N1CCN(C)C(C)C1. The molecule has 1 unspecified atom stereocenters. The van der Waals surface area contributed by atoms with Crippen molar-refractivity contribution in [3.05, 3.63) is 15.8 Å². The Morgan fingerprint density at radius 3 is 2.74 bits per heavy atom. The maximum atomic E-state index is 12.7. The number of nitrogens with zero attached hydrogens (tertiary/aromatic N) is 2. The first-order valence-electron chi connectivity index (χ1n) is 6.26. The van der Waals surface area contributed by atoms with Crippen LogP contribution in [0.5, 0.6) is 0 Å². The van der Waals surface area contributed by atoms with Crippen LogP contribution in [0.4, 0.5) is 0 Å². The molecule has 108 valence electrons. The normalized spacial score (nSPS) is 22.8. The summed E-state index contributed by atoms with van der Waals surface area (Å²) in [6, 6.07) is 0.208. The molecule has 0 aromatic carbocycles. The lowest BCUT2D eigenvalue weighted by atomic mass is 10.2. The predicted octanol–water partition coefficient (Wildman–Crippen LogP) is 0.873. The number of rotatable bonds is 3. The molecule has 2 rings (SSSR count). The lowest BCUT2D eigenvalue weighted by Gasteiger charge is -2.36. The highest BCUT2D eigenvalue weighted by molar-refractivity contribution is 7.89. The first-order valence-corrected chi connectivity index (χ1v) is 8.58. The number of sulfonamides is 1. The van der Waals surface area contributed by atoms with Gasteiger partial charge in [-0.3, -0.25) is 0 Å². The van der Waals surface area contributed by atoms with E-state index in [0.717, 1.165) is 12.1 Å². The van der Waals surface area contributed by atoms with Gasteiger partial charge in [-0.1, -0.05) is 0 Å². The molecule has 2 heterocycles. The fraction of sp³-hybridized carbons (Fsp3) is 0.667. The minimum atomic E-state index is -3.49. The zero-order chi connectivity index (χ0) is 14.2. The molecular weight excluding hydrogens is 284 g/mol. The summed E-state index contributed by atoms with van der Waals surface area (Å²) in [5, 5.41) is 11.1. The second kappa shape index (κ2) is 5.49. The highest BCUT2D eigenvalue weighted by Crippen LogP contribution is 2.30. The summed E-state index contributed by atoms with van der Waals surface area (Å²) in [5.74, 6) is 0. The molecular formula is C12H20N2O3S2. The third-order valence-corrected chi connectivity index (χ3v) is 6.97. The molecule has 1 aromatic rings. The second-order valence-electron chi connectivity index (χ2n) is 5.02. The molecule has 1 N–H and O–H groups in total. The van der Waals surface area contributed by atoms with Gasteiger partial charge in [0.2, 0.25) is 10.0 Å². The van der Waals surface area contributed by atoms with Crippen LogP contribution in [0, 0.1) is 6.92 Å². The molecule has 7 heteroatoms. The summed E-state index contributed by atoms with van der Waals surface area (Å²) < 4.78 is 26.9. The maximum absolute atomic E-state index is 12.7. The van der Waals surface area contributed by atoms with Crippen LogP contribution >= 0.6 is 11.3 Å². The Bertz CT molecular complexity index is 553. The third kappa shape index (κ3) is 2.71. The first kappa shape index (κ1) is 14.9. The Hall–Kier alpha value is -0.470. The number of piperazine rings is 1. The lowest BCUT2D eigenvalue weighted by molar-refractivity contribution is 0.159. The van der Waals surface area contributed by atoms with Gasteiger partial charge in [-0.05, 0) is 31.8 Å². The summed E-state index contributed by atoms with van der Waals surface area (Å²) in [6.45, 7) is 5.31. The number of thiophene rings is 1. The van der Waals surface area contributed by atoms with Crippen molar-refractivity contribution in [1.82, 2.24) is 9.21 Å². The van der Waals surface area contributed by atoms with Crippen molar-refractivity contribution in [2.24, 2.45) is 0 Å². The molecule has 1 aliphatic heterocycles. The van der Waals surface area contributed by atoms with E-state index in [2.05, 4.69) is 4.90 Å². The van der Waals surface area contributed by atoms with Crippen molar-refractivity contribution in [2.45, 2.75) is 31.4 Å². The Balaban J connectivity index is 2.35.